The lowest BCUT2D eigenvalue weighted by Gasteiger charge is -2.11. The Morgan fingerprint density at radius 2 is 0.875 bits per heavy atom. The van der Waals surface area contributed by atoms with Crippen LogP contribution in [-0.4, -0.2) is 29.1 Å². The first kappa shape index (κ1) is 23.8. The maximum absolute atomic E-state index is 9.73. The van der Waals surface area contributed by atoms with E-state index in [0.717, 1.165) is 19.4 Å². The first-order chi connectivity index (χ1) is 11.7. The summed E-state index contributed by atoms with van der Waals surface area (Å²) in [5.41, 5.74) is 10.8. The Bertz CT molecular complexity index is 238. The van der Waals surface area contributed by atoms with Gasteiger partial charge in [0.05, 0.1) is 6.10 Å². The Labute approximate surface area is 150 Å². The van der Waals surface area contributed by atoms with Crippen LogP contribution in [0.25, 0.3) is 0 Å². The SMILES string of the molecule is NCCCCCCCCCCCCCCCCC(O)CCC(N)O. The van der Waals surface area contributed by atoms with E-state index in [2.05, 4.69) is 0 Å². The molecule has 0 radical (unpaired) electrons. The van der Waals surface area contributed by atoms with Crippen LogP contribution >= 0.6 is 0 Å². The van der Waals surface area contributed by atoms with Crippen molar-refractivity contribution in [3.8, 4) is 0 Å². The van der Waals surface area contributed by atoms with Crippen LogP contribution in [0.2, 0.25) is 0 Å². The third kappa shape index (κ3) is 19.9. The molecule has 0 aliphatic rings. The Balaban J connectivity index is 3.07. The second-order valence-electron chi connectivity index (χ2n) is 7.33. The number of rotatable bonds is 19. The van der Waals surface area contributed by atoms with Crippen molar-refractivity contribution in [1.29, 1.82) is 0 Å². The highest BCUT2D eigenvalue weighted by Gasteiger charge is 2.05. The first-order valence-electron chi connectivity index (χ1n) is 10.5. The summed E-state index contributed by atoms with van der Waals surface area (Å²) >= 11 is 0. The first-order valence-corrected chi connectivity index (χ1v) is 10.5. The lowest BCUT2D eigenvalue weighted by Crippen LogP contribution is -2.21. The third-order valence-corrected chi connectivity index (χ3v) is 4.79. The van der Waals surface area contributed by atoms with E-state index >= 15 is 0 Å². The smallest absolute Gasteiger partial charge is 0.102 e. The van der Waals surface area contributed by atoms with Gasteiger partial charge < -0.3 is 21.7 Å². The molecule has 0 rings (SSSR count). The largest absolute Gasteiger partial charge is 0.393 e. The second kappa shape index (κ2) is 19.2. The predicted octanol–water partition coefficient (Wildman–Crippen LogP) is 4.21. The number of hydrogen-bond donors (Lipinski definition) is 4. The fraction of sp³-hybridized carbons (Fsp3) is 1.00. The molecule has 0 aromatic rings. The van der Waals surface area contributed by atoms with Gasteiger partial charge >= 0.3 is 0 Å². The highest BCUT2D eigenvalue weighted by atomic mass is 16.3. The van der Waals surface area contributed by atoms with Gasteiger partial charge in [-0.15, -0.1) is 0 Å². The van der Waals surface area contributed by atoms with Crippen LogP contribution in [0.15, 0.2) is 0 Å². The maximum Gasteiger partial charge on any atom is 0.102 e. The average Bonchev–Trinajstić information content (AvgIpc) is 2.56. The zero-order valence-electron chi connectivity index (χ0n) is 15.9. The molecule has 0 aliphatic heterocycles. The van der Waals surface area contributed by atoms with Crippen molar-refractivity contribution in [3.63, 3.8) is 0 Å². The van der Waals surface area contributed by atoms with Gasteiger partial charge in [-0.05, 0) is 32.2 Å². The van der Waals surface area contributed by atoms with Crippen LogP contribution in [0.1, 0.15) is 109 Å². The summed E-state index contributed by atoms with van der Waals surface area (Å²) in [5.74, 6) is 0. The number of hydrogen-bond acceptors (Lipinski definition) is 4. The minimum absolute atomic E-state index is 0.293. The van der Waals surface area contributed by atoms with E-state index in [-0.39, 0.29) is 6.10 Å². The molecule has 0 spiro atoms. The lowest BCUT2D eigenvalue weighted by atomic mass is 10.0. The molecule has 6 N–H and O–H groups in total. The van der Waals surface area contributed by atoms with Crippen LogP contribution in [-0.2, 0) is 0 Å². The molecule has 0 saturated heterocycles. The number of aliphatic hydroxyl groups excluding tert-OH is 2. The molecule has 4 nitrogen and oxygen atoms in total. The van der Waals surface area contributed by atoms with E-state index in [1.807, 2.05) is 0 Å². The van der Waals surface area contributed by atoms with E-state index < -0.39 is 6.23 Å². The Kier molecular flexibility index (Phi) is 19.0. The molecule has 146 valence electrons. The highest BCUT2D eigenvalue weighted by Crippen LogP contribution is 2.14. The van der Waals surface area contributed by atoms with Crippen molar-refractivity contribution in [2.45, 2.75) is 121 Å². The van der Waals surface area contributed by atoms with Gasteiger partial charge in [0.15, 0.2) is 0 Å². The molecule has 4 heteroatoms. The van der Waals surface area contributed by atoms with Gasteiger partial charge in [0.1, 0.15) is 6.23 Å². The molecule has 0 aromatic heterocycles. The fourth-order valence-electron chi connectivity index (χ4n) is 3.15. The van der Waals surface area contributed by atoms with Crippen molar-refractivity contribution in [1.82, 2.24) is 0 Å². The molecule has 2 unspecified atom stereocenters. The summed E-state index contributed by atoms with van der Waals surface area (Å²) in [5, 5.41) is 18.7. The minimum atomic E-state index is -0.782. The average molecular weight is 345 g/mol. The maximum atomic E-state index is 9.73. The molecular formula is C20H44N2O2. The predicted molar refractivity (Wildman–Crippen MR) is 104 cm³/mol. The lowest BCUT2D eigenvalue weighted by molar-refractivity contribution is 0.110. The molecule has 0 aromatic carbocycles. The molecule has 0 saturated carbocycles. The third-order valence-electron chi connectivity index (χ3n) is 4.79. The van der Waals surface area contributed by atoms with E-state index in [1.165, 1.54) is 83.5 Å². The number of nitrogens with two attached hydrogens (primary N) is 2. The summed E-state index contributed by atoms with van der Waals surface area (Å²) in [6, 6.07) is 0. The number of aliphatic hydroxyl groups is 2. The van der Waals surface area contributed by atoms with Crippen molar-refractivity contribution in [3.05, 3.63) is 0 Å². The summed E-state index contributed by atoms with van der Waals surface area (Å²) in [7, 11) is 0. The van der Waals surface area contributed by atoms with Crippen LogP contribution in [0.5, 0.6) is 0 Å². The zero-order chi connectivity index (χ0) is 17.9. The van der Waals surface area contributed by atoms with Crippen LogP contribution < -0.4 is 11.5 Å². The summed E-state index contributed by atoms with van der Waals surface area (Å²) in [4.78, 5) is 0. The molecule has 2 atom stereocenters. The molecular weight excluding hydrogens is 300 g/mol. The standard InChI is InChI=1S/C20H44N2O2/c21-18-14-12-10-8-6-4-2-1-3-5-7-9-11-13-15-19(23)16-17-20(22)24/h19-20,23-24H,1-18,21-22H2. The topological polar surface area (TPSA) is 92.5 Å². The summed E-state index contributed by atoms with van der Waals surface area (Å²) in [6.07, 6.45) is 19.4. The van der Waals surface area contributed by atoms with Gasteiger partial charge in [0, 0.05) is 0 Å². The molecule has 0 amide bonds. The zero-order valence-corrected chi connectivity index (χ0v) is 15.9. The van der Waals surface area contributed by atoms with Gasteiger partial charge in [-0.1, -0.05) is 83.5 Å². The normalized spacial score (nSPS) is 14.0. The quantitative estimate of drug-likeness (QED) is 0.208. The van der Waals surface area contributed by atoms with Crippen molar-refractivity contribution in [2.24, 2.45) is 11.5 Å². The van der Waals surface area contributed by atoms with Gasteiger partial charge in [0.2, 0.25) is 0 Å². The van der Waals surface area contributed by atoms with Crippen molar-refractivity contribution < 1.29 is 10.2 Å². The van der Waals surface area contributed by atoms with Crippen LogP contribution in [0, 0.1) is 0 Å². The Morgan fingerprint density at radius 3 is 1.25 bits per heavy atom. The molecule has 0 heterocycles. The van der Waals surface area contributed by atoms with Crippen LogP contribution in [0.3, 0.4) is 0 Å². The summed E-state index contributed by atoms with van der Waals surface area (Å²) in [6.45, 7) is 0.846. The second-order valence-corrected chi connectivity index (χ2v) is 7.33. The van der Waals surface area contributed by atoms with Gasteiger partial charge in [-0.25, -0.2) is 0 Å². The van der Waals surface area contributed by atoms with Crippen LogP contribution in [0.4, 0.5) is 0 Å². The van der Waals surface area contributed by atoms with E-state index in [4.69, 9.17) is 16.6 Å². The highest BCUT2D eigenvalue weighted by molar-refractivity contribution is 4.58. The fourth-order valence-corrected chi connectivity index (χ4v) is 3.15. The monoisotopic (exact) mass is 344 g/mol. The molecule has 24 heavy (non-hydrogen) atoms. The van der Waals surface area contributed by atoms with Crippen molar-refractivity contribution >= 4 is 0 Å². The molecule has 0 fully saturated rings. The summed E-state index contributed by atoms with van der Waals surface area (Å²) < 4.78 is 0. The van der Waals surface area contributed by atoms with E-state index in [0.29, 0.717) is 12.8 Å². The van der Waals surface area contributed by atoms with Crippen molar-refractivity contribution in [2.75, 3.05) is 6.54 Å². The minimum Gasteiger partial charge on any atom is -0.393 e. The van der Waals surface area contributed by atoms with E-state index in [9.17, 15) is 5.11 Å². The Hall–Kier alpha value is -0.160. The van der Waals surface area contributed by atoms with Gasteiger partial charge in [-0.2, -0.15) is 0 Å². The number of unbranched alkanes of at least 4 members (excludes halogenated alkanes) is 13. The van der Waals surface area contributed by atoms with Gasteiger partial charge in [0.25, 0.3) is 0 Å². The Morgan fingerprint density at radius 1 is 0.500 bits per heavy atom. The van der Waals surface area contributed by atoms with Gasteiger partial charge in [-0.3, -0.25) is 0 Å². The molecule has 0 aliphatic carbocycles. The molecule has 0 bridgehead atoms. The van der Waals surface area contributed by atoms with E-state index in [1.54, 1.807) is 0 Å².